The van der Waals surface area contributed by atoms with Crippen LogP contribution in [0.15, 0.2) is 47.5 Å². The zero-order chi connectivity index (χ0) is 21.5. The summed E-state index contributed by atoms with van der Waals surface area (Å²) in [6, 6.07) is 10.5. The fourth-order valence-corrected chi connectivity index (χ4v) is 4.08. The average Bonchev–Trinajstić information content (AvgIpc) is 3.30. The van der Waals surface area contributed by atoms with Crippen molar-refractivity contribution in [2.45, 2.75) is 24.5 Å². The van der Waals surface area contributed by atoms with E-state index in [0.717, 1.165) is 24.6 Å². The fraction of sp³-hybridized carbons (Fsp3) is 0.286. The number of halogens is 2. The molecular weight excluding hydrogens is 408 g/mol. The highest BCUT2D eigenvalue weighted by atomic mass is 19.1. The summed E-state index contributed by atoms with van der Waals surface area (Å²) in [6.07, 6.45) is 0.683. The van der Waals surface area contributed by atoms with Crippen molar-refractivity contribution in [1.29, 1.82) is 0 Å². The van der Waals surface area contributed by atoms with Gasteiger partial charge in [0.25, 0.3) is 11.8 Å². The van der Waals surface area contributed by atoms with Crippen LogP contribution in [0.1, 0.15) is 17.9 Å². The zero-order valence-electron chi connectivity index (χ0n) is 16.3. The lowest BCUT2D eigenvalue weighted by Crippen LogP contribution is -2.52. The molecule has 0 aromatic heterocycles. The number of amidine groups is 1. The SMILES string of the molecule is O=C(N[C@H]1COc2cc(F)cc(F)c2NC1=O)C1=NC2[C@@H](c3ccccc3)CCN2N1. The first kappa shape index (κ1) is 19.4. The Kier molecular flexibility index (Phi) is 4.78. The molecule has 3 heterocycles. The lowest BCUT2D eigenvalue weighted by atomic mass is 9.96. The quantitative estimate of drug-likeness (QED) is 0.691. The van der Waals surface area contributed by atoms with Crippen molar-refractivity contribution in [3.8, 4) is 5.75 Å². The number of aliphatic imine (C=N–C) groups is 1. The van der Waals surface area contributed by atoms with Gasteiger partial charge in [-0.1, -0.05) is 30.3 Å². The van der Waals surface area contributed by atoms with E-state index in [-0.39, 0.29) is 36.0 Å². The van der Waals surface area contributed by atoms with Crippen LogP contribution in [-0.4, -0.2) is 48.0 Å². The van der Waals surface area contributed by atoms with Crippen molar-refractivity contribution < 1.29 is 23.1 Å². The van der Waals surface area contributed by atoms with Crippen LogP contribution in [-0.2, 0) is 9.59 Å². The molecule has 8 nitrogen and oxygen atoms in total. The van der Waals surface area contributed by atoms with Crippen molar-refractivity contribution in [2.24, 2.45) is 4.99 Å². The van der Waals surface area contributed by atoms with E-state index in [4.69, 9.17) is 4.74 Å². The van der Waals surface area contributed by atoms with Gasteiger partial charge in [0.15, 0.2) is 5.82 Å². The van der Waals surface area contributed by atoms with Gasteiger partial charge in [0.1, 0.15) is 36.1 Å². The lowest BCUT2D eigenvalue weighted by molar-refractivity contribution is -0.123. The van der Waals surface area contributed by atoms with Gasteiger partial charge in [0.2, 0.25) is 5.84 Å². The summed E-state index contributed by atoms with van der Waals surface area (Å²) in [7, 11) is 0. The molecule has 0 spiro atoms. The van der Waals surface area contributed by atoms with Crippen LogP contribution < -0.4 is 20.8 Å². The molecule has 0 bridgehead atoms. The van der Waals surface area contributed by atoms with Crippen molar-refractivity contribution in [2.75, 3.05) is 18.5 Å². The first-order valence-corrected chi connectivity index (χ1v) is 9.89. The molecule has 5 rings (SSSR count). The zero-order valence-corrected chi connectivity index (χ0v) is 16.3. The number of rotatable bonds is 3. The largest absolute Gasteiger partial charge is 0.488 e. The van der Waals surface area contributed by atoms with Crippen LogP contribution in [0.25, 0.3) is 0 Å². The Hall–Kier alpha value is -3.53. The maximum atomic E-state index is 14.0. The van der Waals surface area contributed by atoms with E-state index in [1.807, 2.05) is 35.3 Å². The topological polar surface area (TPSA) is 95.1 Å². The number of hydrogen-bond donors (Lipinski definition) is 3. The third-order valence-electron chi connectivity index (χ3n) is 5.61. The number of hydrazine groups is 1. The summed E-state index contributed by atoms with van der Waals surface area (Å²) in [5.74, 6) is -2.92. The number of carbonyl (C=O) groups excluding carboxylic acids is 2. The molecule has 2 aromatic carbocycles. The van der Waals surface area contributed by atoms with E-state index in [0.29, 0.717) is 6.07 Å². The number of amides is 2. The maximum Gasteiger partial charge on any atom is 0.288 e. The van der Waals surface area contributed by atoms with Crippen molar-refractivity contribution in [3.63, 3.8) is 0 Å². The Balaban J connectivity index is 1.29. The standard InChI is InChI=1S/C21H19F2N5O3/c22-12-8-14(23)17-16(9-12)31-10-15(20(29)25-17)24-21(30)18-26-19-13(6-7-28(19)27-18)11-4-2-1-3-5-11/h1-5,8-9,13,15,19H,6-7,10H2,(H,24,30)(H,25,29)(H,26,27)/t13-,15+,19?/m1/s1. The second-order valence-electron chi connectivity index (χ2n) is 7.59. The fourth-order valence-electron chi connectivity index (χ4n) is 4.08. The normalized spacial score (nSPS) is 24.8. The molecule has 3 N–H and O–H groups in total. The summed E-state index contributed by atoms with van der Waals surface area (Å²) in [6.45, 7) is 0.443. The Bertz CT molecular complexity index is 1080. The summed E-state index contributed by atoms with van der Waals surface area (Å²) in [5, 5.41) is 6.79. The molecule has 3 atom stereocenters. The van der Waals surface area contributed by atoms with E-state index in [2.05, 4.69) is 21.1 Å². The number of carbonyl (C=O) groups is 2. The van der Waals surface area contributed by atoms with Gasteiger partial charge in [-0.3, -0.25) is 15.0 Å². The summed E-state index contributed by atoms with van der Waals surface area (Å²) >= 11 is 0. The second-order valence-corrected chi connectivity index (χ2v) is 7.59. The van der Waals surface area contributed by atoms with E-state index in [1.165, 1.54) is 0 Å². The Labute approximate surface area is 176 Å². The van der Waals surface area contributed by atoms with E-state index in [9.17, 15) is 18.4 Å². The van der Waals surface area contributed by atoms with Crippen molar-refractivity contribution in [3.05, 3.63) is 59.7 Å². The number of fused-ring (bicyclic) bond motifs is 2. The van der Waals surface area contributed by atoms with Gasteiger partial charge >= 0.3 is 0 Å². The number of hydrogen-bond acceptors (Lipinski definition) is 6. The molecular formula is C21H19F2N5O3. The van der Waals surface area contributed by atoms with Crippen LogP contribution in [0.3, 0.4) is 0 Å². The van der Waals surface area contributed by atoms with Crippen LogP contribution in [0.5, 0.6) is 5.75 Å². The first-order chi connectivity index (χ1) is 15.0. The average molecular weight is 427 g/mol. The predicted octanol–water partition coefficient (Wildman–Crippen LogP) is 1.51. The minimum atomic E-state index is -1.10. The van der Waals surface area contributed by atoms with Crippen molar-refractivity contribution in [1.82, 2.24) is 15.8 Å². The lowest BCUT2D eigenvalue weighted by Gasteiger charge is -2.18. The Morgan fingerprint density at radius 2 is 2.03 bits per heavy atom. The highest BCUT2D eigenvalue weighted by Crippen LogP contribution is 2.35. The third kappa shape index (κ3) is 3.59. The molecule has 2 aromatic rings. The van der Waals surface area contributed by atoms with E-state index in [1.54, 1.807) is 0 Å². The maximum absolute atomic E-state index is 14.0. The molecule has 1 fully saturated rings. The molecule has 0 radical (unpaired) electrons. The minimum Gasteiger partial charge on any atom is -0.488 e. The molecule has 2 amide bonds. The van der Waals surface area contributed by atoms with Gasteiger partial charge in [-0.15, -0.1) is 0 Å². The van der Waals surface area contributed by atoms with Crippen molar-refractivity contribution >= 4 is 23.3 Å². The van der Waals surface area contributed by atoms with E-state index >= 15 is 0 Å². The van der Waals surface area contributed by atoms with Gasteiger partial charge in [0, 0.05) is 24.6 Å². The number of ether oxygens (including phenoxy) is 1. The van der Waals surface area contributed by atoms with Gasteiger partial charge in [-0.2, -0.15) is 5.01 Å². The van der Waals surface area contributed by atoms with Crippen LogP contribution >= 0.6 is 0 Å². The summed E-state index contributed by atoms with van der Waals surface area (Å²) in [4.78, 5) is 29.7. The van der Waals surface area contributed by atoms with Crippen LogP contribution in [0.4, 0.5) is 14.5 Å². The molecule has 1 unspecified atom stereocenters. The predicted molar refractivity (Wildman–Crippen MR) is 107 cm³/mol. The molecule has 1 saturated heterocycles. The van der Waals surface area contributed by atoms with Gasteiger partial charge in [-0.05, 0) is 12.0 Å². The van der Waals surface area contributed by atoms with Gasteiger partial charge in [-0.25, -0.2) is 13.8 Å². The number of benzene rings is 2. The minimum absolute atomic E-state index is 0.0948. The molecule has 0 saturated carbocycles. The van der Waals surface area contributed by atoms with E-state index < -0.39 is 29.5 Å². The summed E-state index contributed by atoms with van der Waals surface area (Å²) in [5.41, 5.74) is 3.88. The third-order valence-corrected chi connectivity index (χ3v) is 5.61. The first-order valence-electron chi connectivity index (χ1n) is 9.89. The molecule has 160 valence electrons. The monoisotopic (exact) mass is 427 g/mol. The molecule has 10 heteroatoms. The number of anilines is 1. The molecule has 3 aliphatic heterocycles. The Morgan fingerprint density at radius 1 is 1.23 bits per heavy atom. The van der Waals surface area contributed by atoms with Crippen LogP contribution in [0.2, 0.25) is 0 Å². The smallest absolute Gasteiger partial charge is 0.288 e. The van der Waals surface area contributed by atoms with Crippen LogP contribution in [0, 0.1) is 11.6 Å². The van der Waals surface area contributed by atoms with Gasteiger partial charge in [0.05, 0.1) is 0 Å². The number of nitrogens with one attached hydrogen (secondary N) is 3. The molecule has 31 heavy (non-hydrogen) atoms. The Morgan fingerprint density at radius 3 is 2.84 bits per heavy atom. The highest BCUT2D eigenvalue weighted by Gasteiger charge is 2.41. The highest BCUT2D eigenvalue weighted by molar-refractivity contribution is 6.38. The number of nitrogens with zero attached hydrogens (tertiary/aromatic N) is 2. The second kappa shape index (κ2) is 7.62. The molecule has 0 aliphatic carbocycles. The van der Waals surface area contributed by atoms with Gasteiger partial charge < -0.3 is 15.4 Å². The molecule has 3 aliphatic rings. The summed E-state index contributed by atoms with van der Waals surface area (Å²) < 4.78 is 32.8.